The van der Waals surface area contributed by atoms with Crippen LogP contribution in [0, 0.1) is 6.92 Å². The van der Waals surface area contributed by atoms with Gasteiger partial charge < -0.3 is 19.4 Å². The van der Waals surface area contributed by atoms with Crippen LogP contribution in [0.2, 0.25) is 5.15 Å². The fourth-order valence-electron chi connectivity index (χ4n) is 3.96. The second kappa shape index (κ2) is 9.65. The lowest BCUT2D eigenvalue weighted by Crippen LogP contribution is -2.49. The summed E-state index contributed by atoms with van der Waals surface area (Å²) in [5, 5.41) is 0.463. The third-order valence-electron chi connectivity index (χ3n) is 5.77. The third-order valence-corrected chi connectivity index (χ3v) is 5.98. The molecule has 1 amide bonds. The number of hydrogen-bond acceptors (Lipinski definition) is 7. The van der Waals surface area contributed by atoms with Gasteiger partial charge in [0, 0.05) is 56.9 Å². The second-order valence-electron chi connectivity index (χ2n) is 7.74. The van der Waals surface area contributed by atoms with Crippen LogP contribution in [0.5, 0.6) is 0 Å². The Hall–Kier alpha value is -2.65. The maximum atomic E-state index is 12.7. The number of ether oxygens (including phenoxy) is 1. The first-order valence-corrected chi connectivity index (χ1v) is 11.0. The molecule has 0 aliphatic carbocycles. The van der Waals surface area contributed by atoms with Crippen molar-refractivity contribution in [3.8, 4) is 0 Å². The van der Waals surface area contributed by atoms with Gasteiger partial charge in [-0.2, -0.15) is 0 Å². The van der Waals surface area contributed by atoms with E-state index in [0.29, 0.717) is 81.3 Å². The lowest BCUT2D eigenvalue weighted by Gasteiger charge is -2.35. The van der Waals surface area contributed by atoms with Crippen molar-refractivity contribution >= 4 is 29.3 Å². The monoisotopic (exact) mass is 446 g/mol. The van der Waals surface area contributed by atoms with Crippen molar-refractivity contribution in [3.05, 3.63) is 45.0 Å². The average Bonchev–Trinajstić information content (AvgIpc) is 2.79. The van der Waals surface area contributed by atoms with Crippen LogP contribution in [-0.4, -0.2) is 78.2 Å². The number of aromatic nitrogens is 3. The molecule has 9 nitrogen and oxygen atoms in total. The molecule has 31 heavy (non-hydrogen) atoms. The van der Waals surface area contributed by atoms with Gasteiger partial charge in [0.05, 0.1) is 13.2 Å². The minimum atomic E-state index is -0.168. The number of halogens is 1. The zero-order valence-electron chi connectivity index (χ0n) is 17.6. The standard InChI is InChI=1S/C21H27ClN6O3/c1-15-16(20(30)25-21(23-15)28-11-13-31-14-12-28)5-6-19(29)27-9-7-26(8-10-27)18-4-2-3-17(22)24-18/h2-4H,5-14H2,1H3,(H,23,25,30). The van der Waals surface area contributed by atoms with Crippen molar-refractivity contribution in [2.24, 2.45) is 0 Å². The Morgan fingerprint density at radius 2 is 1.84 bits per heavy atom. The molecule has 0 saturated carbocycles. The van der Waals surface area contributed by atoms with Crippen molar-refractivity contribution < 1.29 is 9.53 Å². The number of morpholine rings is 1. The van der Waals surface area contributed by atoms with E-state index >= 15 is 0 Å². The van der Waals surface area contributed by atoms with Crippen LogP contribution in [0.15, 0.2) is 23.0 Å². The number of aryl methyl sites for hydroxylation is 1. The van der Waals surface area contributed by atoms with E-state index in [1.54, 1.807) is 6.07 Å². The number of aromatic amines is 1. The molecule has 2 aliphatic rings. The van der Waals surface area contributed by atoms with E-state index < -0.39 is 0 Å². The van der Waals surface area contributed by atoms with Gasteiger partial charge in [-0.15, -0.1) is 0 Å². The Morgan fingerprint density at radius 1 is 1.10 bits per heavy atom. The summed E-state index contributed by atoms with van der Waals surface area (Å²) in [4.78, 5) is 43.1. The Kier molecular flexibility index (Phi) is 6.72. The smallest absolute Gasteiger partial charge is 0.255 e. The van der Waals surface area contributed by atoms with E-state index in [2.05, 4.69) is 19.9 Å². The molecular formula is C21H27ClN6O3. The largest absolute Gasteiger partial charge is 0.378 e. The van der Waals surface area contributed by atoms with Gasteiger partial charge in [0.15, 0.2) is 0 Å². The fraction of sp³-hybridized carbons (Fsp3) is 0.524. The van der Waals surface area contributed by atoms with Crippen molar-refractivity contribution in [2.75, 3.05) is 62.3 Å². The van der Waals surface area contributed by atoms with Crippen LogP contribution in [0.1, 0.15) is 17.7 Å². The van der Waals surface area contributed by atoms with E-state index in [1.165, 1.54) is 0 Å². The molecule has 2 aromatic heterocycles. The molecule has 2 fully saturated rings. The van der Waals surface area contributed by atoms with Crippen LogP contribution in [0.25, 0.3) is 0 Å². The summed E-state index contributed by atoms with van der Waals surface area (Å²) in [5.74, 6) is 1.45. The summed E-state index contributed by atoms with van der Waals surface area (Å²) in [6, 6.07) is 5.54. The first-order chi connectivity index (χ1) is 15.0. The first kappa shape index (κ1) is 21.6. The molecule has 1 N–H and O–H groups in total. The van der Waals surface area contributed by atoms with Crippen LogP contribution in [0.4, 0.5) is 11.8 Å². The van der Waals surface area contributed by atoms with Gasteiger partial charge in [0.1, 0.15) is 11.0 Å². The highest BCUT2D eigenvalue weighted by Crippen LogP contribution is 2.17. The number of H-pyrrole nitrogens is 1. The van der Waals surface area contributed by atoms with Gasteiger partial charge in [-0.05, 0) is 25.5 Å². The van der Waals surface area contributed by atoms with Gasteiger partial charge in [0.2, 0.25) is 11.9 Å². The molecule has 2 saturated heterocycles. The fourth-order valence-corrected chi connectivity index (χ4v) is 4.12. The minimum Gasteiger partial charge on any atom is -0.378 e. The number of pyridine rings is 1. The van der Waals surface area contributed by atoms with Gasteiger partial charge in [-0.25, -0.2) is 9.97 Å². The van der Waals surface area contributed by atoms with Gasteiger partial charge >= 0.3 is 0 Å². The van der Waals surface area contributed by atoms with Gasteiger partial charge in [0.25, 0.3) is 5.56 Å². The molecule has 0 unspecified atom stereocenters. The SMILES string of the molecule is Cc1nc(N2CCOCC2)[nH]c(=O)c1CCC(=O)N1CCN(c2cccc(Cl)n2)CC1. The molecule has 0 aromatic carbocycles. The highest BCUT2D eigenvalue weighted by Gasteiger charge is 2.23. The summed E-state index contributed by atoms with van der Waals surface area (Å²) in [6.45, 7) is 7.14. The zero-order chi connectivity index (χ0) is 21.8. The second-order valence-corrected chi connectivity index (χ2v) is 8.13. The quantitative estimate of drug-likeness (QED) is 0.690. The van der Waals surface area contributed by atoms with E-state index in [1.807, 2.05) is 28.9 Å². The van der Waals surface area contributed by atoms with Gasteiger partial charge in [-0.1, -0.05) is 17.7 Å². The predicted octanol–water partition coefficient (Wildman–Crippen LogP) is 1.24. The molecule has 0 atom stereocenters. The molecule has 0 bridgehead atoms. The number of nitrogens with one attached hydrogen (secondary N) is 1. The normalized spacial score (nSPS) is 17.2. The number of anilines is 2. The highest BCUT2D eigenvalue weighted by molar-refractivity contribution is 6.29. The number of nitrogens with zero attached hydrogens (tertiary/aromatic N) is 5. The van der Waals surface area contributed by atoms with Crippen molar-refractivity contribution in [1.82, 2.24) is 19.9 Å². The van der Waals surface area contributed by atoms with Crippen LogP contribution in [0.3, 0.4) is 0 Å². The molecule has 0 spiro atoms. The number of carbonyl (C=O) groups is 1. The first-order valence-electron chi connectivity index (χ1n) is 10.6. The van der Waals surface area contributed by atoms with Crippen LogP contribution < -0.4 is 15.4 Å². The van der Waals surface area contributed by atoms with Gasteiger partial charge in [-0.3, -0.25) is 14.6 Å². The Balaban J connectivity index is 1.32. The molecular weight excluding hydrogens is 420 g/mol. The highest BCUT2D eigenvalue weighted by atomic mass is 35.5. The van der Waals surface area contributed by atoms with E-state index in [-0.39, 0.29) is 17.9 Å². The van der Waals surface area contributed by atoms with Crippen molar-refractivity contribution in [3.63, 3.8) is 0 Å². The molecule has 2 aliphatic heterocycles. The Labute approximate surface area is 186 Å². The molecule has 4 rings (SSSR count). The average molecular weight is 447 g/mol. The Bertz CT molecular complexity index is 983. The summed E-state index contributed by atoms with van der Waals surface area (Å²) >= 11 is 5.98. The lowest BCUT2D eigenvalue weighted by atomic mass is 10.1. The molecule has 4 heterocycles. The maximum Gasteiger partial charge on any atom is 0.255 e. The number of rotatable bonds is 5. The van der Waals surface area contributed by atoms with Crippen LogP contribution in [-0.2, 0) is 16.0 Å². The number of amides is 1. The Morgan fingerprint density at radius 3 is 2.52 bits per heavy atom. The number of hydrogen-bond donors (Lipinski definition) is 1. The minimum absolute atomic E-state index is 0.0507. The number of piperazine rings is 1. The summed E-state index contributed by atoms with van der Waals surface area (Å²) < 4.78 is 5.35. The summed E-state index contributed by atoms with van der Waals surface area (Å²) in [6.07, 6.45) is 0.671. The van der Waals surface area contributed by atoms with Crippen LogP contribution >= 0.6 is 11.6 Å². The molecule has 166 valence electrons. The summed E-state index contributed by atoms with van der Waals surface area (Å²) in [5.41, 5.74) is 1.08. The maximum absolute atomic E-state index is 12.7. The van der Waals surface area contributed by atoms with E-state index in [9.17, 15) is 9.59 Å². The number of carbonyl (C=O) groups excluding carboxylic acids is 1. The predicted molar refractivity (Wildman–Crippen MR) is 119 cm³/mol. The van der Waals surface area contributed by atoms with Crippen molar-refractivity contribution in [2.45, 2.75) is 19.8 Å². The van der Waals surface area contributed by atoms with E-state index in [0.717, 1.165) is 5.82 Å². The topological polar surface area (TPSA) is 94.7 Å². The molecule has 2 aromatic rings. The zero-order valence-corrected chi connectivity index (χ0v) is 18.4. The van der Waals surface area contributed by atoms with Crippen molar-refractivity contribution in [1.29, 1.82) is 0 Å². The molecule has 0 radical (unpaired) electrons. The third kappa shape index (κ3) is 5.16. The lowest BCUT2D eigenvalue weighted by molar-refractivity contribution is -0.131. The molecule has 10 heteroatoms. The summed E-state index contributed by atoms with van der Waals surface area (Å²) in [7, 11) is 0. The van der Waals surface area contributed by atoms with E-state index in [4.69, 9.17) is 16.3 Å².